The van der Waals surface area contributed by atoms with Gasteiger partial charge in [-0.25, -0.2) is 0 Å². The van der Waals surface area contributed by atoms with Gasteiger partial charge in [0.1, 0.15) is 28.1 Å². The van der Waals surface area contributed by atoms with Crippen molar-refractivity contribution in [1.29, 1.82) is 0 Å². The molecule has 4 nitrogen and oxygen atoms in total. The van der Waals surface area contributed by atoms with Crippen molar-refractivity contribution in [3.63, 3.8) is 0 Å². The summed E-state index contributed by atoms with van der Waals surface area (Å²) < 4.78 is 30.4. The molecule has 0 fully saturated rings. The minimum atomic E-state index is -0.160. The maximum absolute atomic E-state index is 6.31. The minimum absolute atomic E-state index is 0. The standard InChI is InChI=1S/C35H27NO2.C28H20O.CH4.H2/c1-35(2)27-18-16-24-23-8-4-6-10-28(23)36(20-21-12-14-22(37-3)15-13-21)34(24)31(27)26-17-19-30-32(33(26)35)25-9-5-7-11-29(25)38-30;1-28(2)22-13-11-18-17-8-4-3-7-16(17)15-21(18)25(22)20-12-14-24-26(27(20)28)19-9-5-6-10-23(19)29-24;;/h4-19H,20H2,1-3H3;3-14H,15H2,1-2H3;1H4;1H/i;;;1+1D. The molecule has 0 radical (unpaired) electrons. The first-order chi connectivity index (χ1) is 33.7. The van der Waals surface area contributed by atoms with E-state index in [1.807, 2.05) is 18.2 Å². The summed E-state index contributed by atoms with van der Waals surface area (Å²) in [5.41, 5.74) is 24.3. The Balaban J connectivity index is 0.000000142. The van der Waals surface area contributed by atoms with Crippen LogP contribution in [0.1, 0.15) is 77.0 Å². The summed E-state index contributed by atoms with van der Waals surface area (Å²) in [6.45, 7) is 10.3. The molecule has 0 spiro atoms. The van der Waals surface area contributed by atoms with E-state index in [-0.39, 0.29) is 18.3 Å². The lowest BCUT2D eigenvalue weighted by Gasteiger charge is -2.22. The molecule has 0 aliphatic heterocycles. The van der Waals surface area contributed by atoms with Gasteiger partial charge < -0.3 is 18.1 Å². The number of nitrogens with zero attached hydrogens (tertiary/aromatic N) is 1. The van der Waals surface area contributed by atoms with Crippen molar-refractivity contribution in [2.75, 3.05) is 7.11 Å². The van der Waals surface area contributed by atoms with Crippen molar-refractivity contribution < 1.29 is 16.5 Å². The lowest BCUT2D eigenvalue weighted by molar-refractivity contribution is 0.414. The molecule has 0 amide bonds. The van der Waals surface area contributed by atoms with Crippen molar-refractivity contribution in [3.8, 4) is 39.1 Å². The summed E-state index contributed by atoms with van der Waals surface area (Å²) in [5, 5.41) is 7.53. The van der Waals surface area contributed by atoms with Gasteiger partial charge in [0.15, 0.2) is 0 Å². The fourth-order valence-electron chi connectivity index (χ4n) is 12.7. The van der Waals surface area contributed by atoms with E-state index in [2.05, 4.69) is 184 Å². The van der Waals surface area contributed by atoms with E-state index in [0.29, 0.717) is 0 Å². The Labute approximate surface area is 399 Å². The Hall–Kier alpha value is -7.82. The predicted octanol–water partition coefficient (Wildman–Crippen LogP) is 17.4. The van der Waals surface area contributed by atoms with Gasteiger partial charge in [-0.3, -0.25) is 0 Å². The third-order valence-corrected chi connectivity index (χ3v) is 15.6. The second-order valence-corrected chi connectivity index (χ2v) is 19.9. The van der Waals surface area contributed by atoms with Gasteiger partial charge in [0.2, 0.25) is 0 Å². The van der Waals surface area contributed by atoms with Crippen LogP contribution in [0, 0.1) is 0 Å². The van der Waals surface area contributed by atoms with Crippen LogP contribution in [0.25, 0.3) is 99.1 Å². The second kappa shape index (κ2) is 14.3. The fraction of sp³-hybridized carbons (Fsp3) is 0.156. The summed E-state index contributed by atoms with van der Waals surface area (Å²) >= 11 is 0. The number of benzene rings is 9. The lowest BCUT2D eigenvalue weighted by Crippen LogP contribution is -2.15. The summed E-state index contributed by atoms with van der Waals surface area (Å²) in [7, 11) is 1.71. The Morgan fingerprint density at radius 2 is 1.06 bits per heavy atom. The van der Waals surface area contributed by atoms with Crippen molar-refractivity contribution in [3.05, 3.63) is 209 Å². The number of ether oxygens (including phenoxy) is 1. The number of para-hydroxylation sites is 3. The molecule has 332 valence electrons. The number of fused-ring (bicyclic) bond motifs is 22. The molecule has 4 heteroatoms. The van der Waals surface area contributed by atoms with E-state index in [0.717, 1.165) is 41.0 Å². The molecule has 0 bridgehead atoms. The maximum atomic E-state index is 6.31. The van der Waals surface area contributed by atoms with Crippen molar-refractivity contribution in [1.82, 2.24) is 4.57 Å². The molecule has 15 rings (SSSR count). The Kier molecular flexibility index (Phi) is 8.30. The molecule has 0 unspecified atom stereocenters. The first kappa shape index (κ1) is 39.4. The van der Waals surface area contributed by atoms with Gasteiger partial charge in [0.25, 0.3) is 0 Å². The number of furan rings is 2. The van der Waals surface area contributed by atoms with Crippen LogP contribution in [0.15, 0.2) is 179 Å². The zero-order valence-electron chi connectivity index (χ0n) is 40.3. The molecule has 0 saturated carbocycles. The van der Waals surface area contributed by atoms with E-state index in [1.165, 1.54) is 116 Å². The molecule has 0 saturated heterocycles. The van der Waals surface area contributed by atoms with Crippen LogP contribution in [-0.4, -0.2) is 11.7 Å². The molecule has 12 aromatic rings. The molecular formula is C64H53NO3. The first-order valence-electron chi connectivity index (χ1n) is 24.5. The quantitative estimate of drug-likeness (QED) is 0.177. The first-order valence-corrected chi connectivity index (χ1v) is 23.5. The van der Waals surface area contributed by atoms with Gasteiger partial charge in [0, 0.05) is 63.7 Å². The zero-order chi connectivity index (χ0) is 46.9. The molecule has 68 heavy (non-hydrogen) atoms. The monoisotopic (exact) mass is 885 g/mol. The number of aromatic nitrogens is 1. The minimum Gasteiger partial charge on any atom is -0.497 e. The lowest BCUT2D eigenvalue weighted by atomic mass is 9.80. The van der Waals surface area contributed by atoms with Gasteiger partial charge in [0.05, 0.1) is 12.6 Å². The van der Waals surface area contributed by atoms with Crippen LogP contribution in [0.3, 0.4) is 0 Å². The largest absolute Gasteiger partial charge is 0.497 e. The zero-order valence-corrected chi connectivity index (χ0v) is 38.3. The third-order valence-electron chi connectivity index (χ3n) is 15.6. The highest BCUT2D eigenvalue weighted by Crippen LogP contribution is 2.58. The molecular weight excluding hydrogens is 831 g/mol. The van der Waals surface area contributed by atoms with E-state index in [4.69, 9.17) is 16.5 Å². The number of methoxy groups -OCH3 is 1. The van der Waals surface area contributed by atoms with E-state index in [9.17, 15) is 0 Å². The van der Waals surface area contributed by atoms with E-state index >= 15 is 0 Å². The number of hydrogen-bond donors (Lipinski definition) is 0. The van der Waals surface area contributed by atoms with E-state index in [1.54, 1.807) is 7.11 Å². The summed E-state index contributed by atoms with van der Waals surface area (Å²) in [5.74, 6) is 0.879. The van der Waals surface area contributed by atoms with Gasteiger partial charge in [-0.2, -0.15) is 0 Å². The molecule has 0 atom stereocenters. The summed E-state index contributed by atoms with van der Waals surface area (Å²) in [6.07, 6.45) is 1.02. The molecule has 3 aliphatic rings. The second-order valence-electron chi connectivity index (χ2n) is 19.9. The van der Waals surface area contributed by atoms with Crippen LogP contribution in [0.2, 0.25) is 0 Å². The maximum Gasteiger partial charge on any atom is 0.135 e. The van der Waals surface area contributed by atoms with Gasteiger partial charge in [-0.05, 0) is 116 Å². The number of hydrogen-bond acceptors (Lipinski definition) is 3. The number of rotatable bonds is 3. The Bertz CT molecular complexity index is 4090. The van der Waals surface area contributed by atoms with Gasteiger partial charge in [-0.1, -0.05) is 163 Å². The van der Waals surface area contributed by atoms with Crippen molar-refractivity contribution >= 4 is 65.7 Å². The SMILES string of the molecule is C.CC1(C)c2ccc3c(c2-c2ccc4oc5ccccc5c4c21)Cc1ccccc1-3.COc1ccc(Cn2c3ccccc3c3ccc4c(c32)-c2ccc3oc5ccccc5c3c2C4(C)C)cc1.[2H][2H]. The highest BCUT2D eigenvalue weighted by Gasteiger charge is 2.42. The Morgan fingerprint density at radius 3 is 1.72 bits per heavy atom. The highest BCUT2D eigenvalue weighted by molar-refractivity contribution is 6.18. The molecule has 3 aliphatic carbocycles. The normalized spacial score (nSPS) is 14.5. The van der Waals surface area contributed by atoms with Crippen molar-refractivity contribution in [2.45, 2.75) is 58.9 Å². The van der Waals surface area contributed by atoms with Crippen LogP contribution < -0.4 is 4.74 Å². The summed E-state index contributed by atoms with van der Waals surface area (Å²) in [6, 6.07) is 61.2. The molecule has 9 aromatic carbocycles. The third kappa shape index (κ3) is 5.37. The average molecular weight is 886 g/mol. The van der Waals surface area contributed by atoms with Crippen LogP contribution >= 0.6 is 0 Å². The highest BCUT2D eigenvalue weighted by atomic mass is 16.5. The Morgan fingerprint density at radius 1 is 0.515 bits per heavy atom. The van der Waals surface area contributed by atoms with Crippen LogP contribution in [0.5, 0.6) is 5.75 Å². The smallest absolute Gasteiger partial charge is 0.135 e. The average Bonchev–Trinajstić information content (AvgIpc) is 4.21. The molecule has 3 heterocycles. The van der Waals surface area contributed by atoms with Crippen LogP contribution in [0.4, 0.5) is 0 Å². The predicted molar refractivity (Wildman–Crippen MR) is 285 cm³/mol. The van der Waals surface area contributed by atoms with Gasteiger partial charge in [-0.15, -0.1) is 0 Å². The molecule has 3 aromatic heterocycles. The van der Waals surface area contributed by atoms with Crippen molar-refractivity contribution in [2.24, 2.45) is 0 Å². The fourth-order valence-corrected chi connectivity index (χ4v) is 12.7. The van der Waals surface area contributed by atoms with Gasteiger partial charge >= 0.3 is 0 Å². The topological polar surface area (TPSA) is 40.4 Å². The van der Waals surface area contributed by atoms with E-state index < -0.39 is 0 Å². The summed E-state index contributed by atoms with van der Waals surface area (Å²) in [4.78, 5) is 0. The molecule has 0 N–H and O–H groups in total. The van der Waals surface area contributed by atoms with Crippen LogP contribution in [-0.2, 0) is 23.8 Å².